The van der Waals surface area contributed by atoms with Gasteiger partial charge in [0, 0.05) is 12.1 Å². The average Bonchev–Trinajstić information content (AvgIpc) is 3.30. The van der Waals surface area contributed by atoms with Gasteiger partial charge in [-0.05, 0) is 58.2 Å². The summed E-state index contributed by atoms with van der Waals surface area (Å²) in [5.74, 6) is 0.317. The molecule has 6 N–H and O–H groups in total. The highest BCUT2D eigenvalue weighted by molar-refractivity contribution is 5.94. The number of rotatable bonds is 8. The molecule has 0 bridgehead atoms. The third-order valence-electron chi connectivity index (χ3n) is 6.31. The molecule has 1 saturated carbocycles. The lowest BCUT2D eigenvalue weighted by Crippen LogP contribution is -2.53. The van der Waals surface area contributed by atoms with E-state index in [2.05, 4.69) is 25.6 Å². The number of fused-ring (bicyclic) bond motifs is 1. The van der Waals surface area contributed by atoms with Gasteiger partial charge >= 0.3 is 6.09 Å². The molecule has 210 valence electrons. The third kappa shape index (κ3) is 6.92. The lowest BCUT2D eigenvalue weighted by molar-refractivity contribution is -0.0323. The number of anilines is 1. The van der Waals surface area contributed by atoms with Gasteiger partial charge in [-0.2, -0.15) is 0 Å². The van der Waals surface area contributed by atoms with Crippen LogP contribution >= 0.6 is 0 Å². The smallest absolute Gasteiger partial charge is 0.407 e. The monoisotopic (exact) mass is 541 g/mol. The molecule has 13 nitrogen and oxygen atoms in total. The molecule has 0 spiro atoms. The Morgan fingerprint density at radius 1 is 1.18 bits per heavy atom. The largest absolute Gasteiger partial charge is 0.494 e. The van der Waals surface area contributed by atoms with Crippen molar-refractivity contribution in [2.24, 2.45) is 0 Å². The van der Waals surface area contributed by atoms with E-state index in [1.54, 1.807) is 49.6 Å². The number of amides is 2. The molecule has 2 amide bonds. The SMILES string of the molecule is CC(C)(C)OC(=O)NCCCOc1cccc(C(=O)N[C@@H]2CC[C@H](O)[C@@H](n3cnc4c(N)ncnc43)[C@@H]2O)c1. The predicted octanol–water partition coefficient (Wildman–Crippen LogP) is 1.56. The number of carbonyl (C=O) groups is 2. The van der Waals surface area contributed by atoms with Gasteiger partial charge in [0.05, 0.1) is 37.2 Å². The Kier molecular flexibility index (Phi) is 8.51. The van der Waals surface area contributed by atoms with Crippen molar-refractivity contribution in [2.75, 3.05) is 18.9 Å². The summed E-state index contributed by atoms with van der Waals surface area (Å²) < 4.78 is 12.5. The third-order valence-corrected chi connectivity index (χ3v) is 6.31. The van der Waals surface area contributed by atoms with E-state index < -0.39 is 36.0 Å². The van der Waals surface area contributed by atoms with Crippen molar-refractivity contribution in [3.63, 3.8) is 0 Å². The number of imidazole rings is 1. The number of hydrogen-bond acceptors (Lipinski definition) is 10. The summed E-state index contributed by atoms with van der Waals surface area (Å²) in [6, 6.07) is 5.29. The van der Waals surface area contributed by atoms with E-state index in [1.807, 2.05) is 0 Å². The zero-order chi connectivity index (χ0) is 28.2. The molecule has 2 heterocycles. The molecule has 1 aliphatic carbocycles. The molecule has 0 unspecified atom stereocenters. The van der Waals surface area contributed by atoms with Crippen LogP contribution in [-0.2, 0) is 4.74 Å². The van der Waals surface area contributed by atoms with Crippen LogP contribution in [0.1, 0.15) is 56.4 Å². The molecule has 2 aromatic heterocycles. The van der Waals surface area contributed by atoms with Gasteiger partial charge in [-0.15, -0.1) is 0 Å². The van der Waals surface area contributed by atoms with E-state index in [0.29, 0.717) is 54.9 Å². The quantitative estimate of drug-likeness (QED) is 0.262. The van der Waals surface area contributed by atoms with Gasteiger partial charge in [0.2, 0.25) is 0 Å². The average molecular weight is 542 g/mol. The zero-order valence-corrected chi connectivity index (χ0v) is 22.2. The highest BCUT2D eigenvalue weighted by atomic mass is 16.6. The van der Waals surface area contributed by atoms with Crippen LogP contribution in [0.4, 0.5) is 10.6 Å². The minimum Gasteiger partial charge on any atom is -0.494 e. The van der Waals surface area contributed by atoms with Crippen molar-refractivity contribution in [1.29, 1.82) is 0 Å². The van der Waals surface area contributed by atoms with Crippen molar-refractivity contribution in [1.82, 2.24) is 30.2 Å². The Hall–Kier alpha value is -3.97. The number of aliphatic hydroxyl groups is 2. The van der Waals surface area contributed by atoms with Gasteiger partial charge in [-0.3, -0.25) is 4.79 Å². The van der Waals surface area contributed by atoms with Crippen molar-refractivity contribution in [2.45, 2.75) is 69.9 Å². The fourth-order valence-corrected chi connectivity index (χ4v) is 4.50. The van der Waals surface area contributed by atoms with Crippen molar-refractivity contribution in [3.8, 4) is 5.75 Å². The molecule has 1 aromatic carbocycles. The summed E-state index contributed by atoms with van der Waals surface area (Å²) in [4.78, 5) is 37.1. The van der Waals surface area contributed by atoms with E-state index in [9.17, 15) is 19.8 Å². The van der Waals surface area contributed by atoms with Crippen LogP contribution in [0.2, 0.25) is 0 Å². The second-order valence-electron chi connectivity index (χ2n) is 10.4. The Bertz CT molecular complexity index is 1310. The number of aromatic nitrogens is 4. The van der Waals surface area contributed by atoms with Gasteiger partial charge in [-0.1, -0.05) is 6.07 Å². The molecule has 0 aliphatic heterocycles. The minimum absolute atomic E-state index is 0.199. The molecule has 1 fully saturated rings. The van der Waals surface area contributed by atoms with Crippen LogP contribution in [0.3, 0.4) is 0 Å². The number of nitrogens with one attached hydrogen (secondary N) is 2. The van der Waals surface area contributed by atoms with E-state index in [0.717, 1.165) is 0 Å². The summed E-state index contributed by atoms with van der Waals surface area (Å²) in [5, 5.41) is 27.4. The van der Waals surface area contributed by atoms with E-state index in [1.165, 1.54) is 12.7 Å². The van der Waals surface area contributed by atoms with Crippen molar-refractivity contribution in [3.05, 3.63) is 42.5 Å². The summed E-state index contributed by atoms with van der Waals surface area (Å²) in [7, 11) is 0. The number of nitrogen functional groups attached to an aromatic ring is 1. The number of aliphatic hydroxyl groups excluding tert-OH is 2. The number of nitrogens with zero attached hydrogens (tertiary/aromatic N) is 4. The second kappa shape index (κ2) is 11.8. The highest BCUT2D eigenvalue weighted by Crippen LogP contribution is 2.32. The minimum atomic E-state index is -1.11. The summed E-state index contributed by atoms with van der Waals surface area (Å²) in [6.07, 6.45) is 1.57. The van der Waals surface area contributed by atoms with E-state index in [4.69, 9.17) is 15.2 Å². The fraction of sp³-hybridized carbons (Fsp3) is 0.500. The first kappa shape index (κ1) is 28.0. The van der Waals surface area contributed by atoms with Crippen LogP contribution in [0.15, 0.2) is 36.9 Å². The lowest BCUT2D eigenvalue weighted by Gasteiger charge is -2.39. The number of benzene rings is 1. The predicted molar refractivity (Wildman–Crippen MR) is 142 cm³/mol. The standard InChI is InChI=1S/C26H35N7O6/c1-26(2,3)39-25(37)28-10-5-11-38-16-7-4-6-15(12-16)24(36)32-17-8-9-18(34)20(21(17)35)33-14-31-19-22(27)29-13-30-23(19)33/h4,6-7,12-14,17-18,20-21,34-35H,5,8-11H2,1-3H3,(H,28,37)(H,32,36)(H2,27,29,30)/t17-,18+,20-,21-/m1/s1. The molecule has 0 saturated heterocycles. The first-order valence-electron chi connectivity index (χ1n) is 12.8. The van der Waals surface area contributed by atoms with Gasteiger partial charge in [0.25, 0.3) is 5.91 Å². The summed E-state index contributed by atoms with van der Waals surface area (Å²) in [6.45, 7) is 6.09. The Labute approximate surface area is 225 Å². The number of ether oxygens (including phenoxy) is 2. The van der Waals surface area contributed by atoms with Crippen LogP contribution in [0.25, 0.3) is 11.2 Å². The van der Waals surface area contributed by atoms with Gasteiger partial charge < -0.3 is 40.6 Å². The van der Waals surface area contributed by atoms with Gasteiger partial charge in [0.1, 0.15) is 23.2 Å². The van der Waals surface area contributed by atoms with Crippen LogP contribution in [-0.4, -0.2) is 78.7 Å². The number of carbonyl (C=O) groups excluding carboxylic acids is 2. The van der Waals surface area contributed by atoms with Crippen LogP contribution < -0.4 is 21.1 Å². The molecule has 3 aromatic rings. The normalized spacial score (nSPS) is 21.4. The summed E-state index contributed by atoms with van der Waals surface area (Å²) in [5.41, 5.74) is 6.44. The topological polar surface area (TPSA) is 187 Å². The maximum atomic E-state index is 13.0. The van der Waals surface area contributed by atoms with Crippen molar-refractivity contribution >= 4 is 29.0 Å². The lowest BCUT2D eigenvalue weighted by atomic mass is 9.85. The molecule has 13 heteroatoms. The van der Waals surface area contributed by atoms with E-state index >= 15 is 0 Å². The van der Waals surface area contributed by atoms with Gasteiger partial charge in [-0.25, -0.2) is 19.7 Å². The fourth-order valence-electron chi connectivity index (χ4n) is 4.50. The summed E-state index contributed by atoms with van der Waals surface area (Å²) >= 11 is 0. The highest BCUT2D eigenvalue weighted by Gasteiger charge is 2.40. The molecular formula is C26H35N7O6. The van der Waals surface area contributed by atoms with Crippen LogP contribution in [0.5, 0.6) is 5.75 Å². The first-order chi connectivity index (χ1) is 18.5. The zero-order valence-electron chi connectivity index (χ0n) is 22.2. The van der Waals surface area contributed by atoms with Gasteiger partial charge in [0.15, 0.2) is 11.5 Å². The Morgan fingerprint density at radius 3 is 2.74 bits per heavy atom. The second-order valence-corrected chi connectivity index (χ2v) is 10.4. The first-order valence-corrected chi connectivity index (χ1v) is 12.8. The number of nitrogens with two attached hydrogens (primary N) is 1. The molecule has 1 aliphatic rings. The Morgan fingerprint density at radius 2 is 1.97 bits per heavy atom. The Balaban J connectivity index is 1.33. The molecule has 39 heavy (non-hydrogen) atoms. The maximum Gasteiger partial charge on any atom is 0.407 e. The molecule has 4 atom stereocenters. The molecule has 0 radical (unpaired) electrons. The number of hydrogen-bond donors (Lipinski definition) is 5. The number of alkyl carbamates (subject to hydrolysis) is 1. The molecular weight excluding hydrogens is 506 g/mol. The van der Waals surface area contributed by atoms with Crippen LogP contribution in [0, 0.1) is 0 Å². The van der Waals surface area contributed by atoms with Crippen molar-refractivity contribution < 1.29 is 29.3 Å². The molecule has 4 rings (SSSR count). The maximum absolute atomic E-state index is 13.0. The van der Waals surface area contributed by atoms with E-state index in [-0.39, 0.29) is 11.7 Å².